The molecule has 35 heavy (non-hydrogen) atoms. The number of amides is 2. The van der Waals surface area contributed by atoms with Crippen molar-refractivity contribution in [2.24, 2.45) is 0 Å². The lowest BCUT2D eigenvalue weighted by Crippen LogP contribution is -2.47. The Morgan fingerprint density at radius 2 is 1.83 bits per heavy atom. The highest BCUT2D eigenvalue weighted by molar-refractivity contribution is 6.27. The molecule has 8 heteroatoms. The molecule has 0 bridgehead atoms. The van der Waals surface area contributed by atoms with Crippen LogP contribution in [0.2, 0.25) is 0 Å². The van der Waals surface area contributed by atoms with E-state index in [1.54, 1.807) is 32.4 Å². The Labute approximate surface area is 212 Å². The van der Waals surface area contributed by atoms with Crippen LogP contribution < -0.4 is 19.5 Å². The smallest absolute Gasteiger partial charge is 0.247 e. The van der Waals surface area contributed by atoms with Crippen LogP contribution in [0.15, 0.2) is 42.5 Å². The van der Waals surface area contributed by atoms with Gasteiger partial charge in [0.25, 0.3) is 0 Å². The molecule has 1 saturated carbocycles. The SMILES string of the molecule is CCOc1ccc([C@H](C(=O)NC2CCCCC2)N(Cc2cccc(OC)c2)C(=O)CCl)cc1OC. The fraction of sp³-hybridized carbons (Fsp3) is 0.481. The molecule has 1 atom stereocenters. The van der Waals surface area contributed by atoms with Crippen LogP contribution >= 0.6 is 11.6 Å². The van der Waals surface area contributed by atoms with E-state index in [1.165, 1.54) is 11.3 Å². The predicted octanol–water partition coefficient (Wildman–Crippen LogP) is 4.86. The van der Waals surface area contributed by atoms with E-state index in [0.29, 0.717) is 29.4 Å². The summed E-state index contributed by atoms with van der Waals surface area (Å²) in [6.07, 6.45) is 5.22. The summed E-state index contributed by atoms with van der Waals surface area (Å²) in [7, 11) is 3.14. The molecule has 0 radical (unpaired) electrons. The lowest BCUT2D eigenvalue weighted by molar-refractivity contribution is -0.140. The van der Waals surface area contributed by atoms with Gasteiger partial charge < -0.3 is 24.4 Å². The molecule has 1 N–H and O–H groups in total. The van der Waals surface area contributed by atoms with Gasteiger partial charge in [-0.1, -0.05) is 37.5 Å². The molecular formula is C27H35ClN2O5. The number of hydrogen-bond acceptors (Lipinski definition) is 5. The number of hydrogen-bond donors (Lipinski definition) is 1. The maximum absolute atomic E-state index is 13.8. The van der Waals surface area contributed by atoms with Gasteiger partial charge >= 0.3 is 0 Å². The highest BCUT2D eigenvalue weighted by atomic mass is 35.5. The summed E-state index contributed by atoms with van der Waals surface area (Å²) in [6, 6.07) is 12.0. The number of methoxy groups -OCH3 is 2. The largest absolute Gasteiger partial charge is 0.497 e. The second kappa shape index (κ2) is 13.2. The molecular weight excluding hydrogens is 468 g/mol. The molecule has 1 aliphatic carbocycles. The molecule has 2 aromatic carbocycles. The number of benzene rings is 2. The van der Waals surface area contributed by atoms with Gasteiger partial charge in [-0.25, -0.2) is 0 Å². The monoisotopic (exact) mass is 502 g/mol. The fourth-order valence-electron chi connectivity index (χ4n) is 4.50. The summed E-state index contributed by atoms with van der Waals surface area (Å²) in [5.41, 5.74) is 1.45. The van der Waals surface area contributed by atoms with Crippen molar-refractivity contribution in [1.29, 1.82) is 0 Å². The predicted molar refractivity (Wildman–Crippen MR) is 136 cm³/mol. The van der Waals surface area contributed by atoms with Crippen LogP contribution in [-0.2, 0) is 16.1 Å². The lowest BCUT2D eigenvalue weighted by Gasteiger charge is -2.33. The molecule has 190 valence electrons. The van der Waals surface area contributed by atoms with Gasteiger partial charge in [-0.2, -0.15) is 0 Å². The van der Waals surface area contributed by atoms with E-state index >= 15 is 0 Å². The molecule has 0 aromatic heterocycles. The summed E-state index contributed by atoms with van der Waals surface area (Å²) < 4.78 is 16.5. The van der Waals surface area contributed by atoms with Crippen molar-refractivity contribution in [3.8, 4) is 17.2 Å². The minimum absolute atomic E-state index is 0.0908. The van der Waals surface area contributed by atoms with Crippen molar-refractivity contribution in [2.45, 2.75) is 57.7 Å². The molecule has 0 spiro atoms. The zero-order valence-electron chi connectivity index (χ0n) is 20.7. The molecule has 1 fully saturated rings. The van der Waals surface area contributed by atoms with Crippen LogP contribution in [0.3, 0.4) is 0 Å². The molecule has 2 amide bonds. The normalized spacial score (nSPS) is 14.6. The van der Waals surface area contributed by atoms with E-state index in [-0.39, 0.29) is 30.3 Å². The van der Waals surface area contributed by atoms with Crippen molar-refractivity contribution in [1.82, 2.24) is 10.2 Å². The lowest BCUT2D eigenvalue weighted by atomic mass is 9.94. The second-order valence-corrected chi connectivity index (χ2v) is 8.86. The highest BCUT2D eigenvalue weighted by Crippen LogP contribution is 2.34. The molecule has 3 rings (SSSR count). The first-order valence-electron chi connectivity index (χ1n) is 12.1. The van der Waals surface area contributed by atoms with Crippen molar-refractivity contribution < 1.29 is 23.8 Å². The van der Waals surface area contributed by atoms with Gasteiger partial charge in [-0.3, -0.25) is 9.59 Å². The van der Waals surface area contributed by atoms with Crippen LogP contribution in [0.5, 0.6) is 17.2 Å². The minimum Gasteiger partial charge on any atom is -0.497 e. The Balaban J connectivity index is 2.02. The minimum atomic E-state index is -0.890. The summed E-state index contributed by atoms with van der Waals surface area (Å²) in [4.78, 5) is 28.4. The second-order valence-electron chi connectivity index (χ2n) is 8.60. The zero-order chi connectivity index (χ0) is 25.2. The number of nitrogens with zero attached hydrogens (tertiary/aromatic N) is 1. The number of halogens is 1. The summed E-state index contributed by atoms with van der Waals surface area (Å²) >= 11 is 6.03. The quantitative estimate of drug-likeness (QED) is 0.444. The number of rotatable bonds is 11. The Kier molecular flexibility index (Phi) is 10.1. The van der Waals surface area contributed by atoms with Crippen LogP contribution in [0.4, 0.5) is 0 Å². The molecule has 0 aliphatic heterocycles. The van der Waals surface area contributed by atoms with Gasteiger partial charge in [-0.05, 0) is 55.2 Å². The molecule has 0 unspecified atom stereocenters. The van der Waals surface area contributed by atoms with E-state index in [0.717, 1.165) is 31.2 Å². The Morgan fingerprint density at radius 3 is 2.49 bits per heavy atom. The van der Waals surface area contributed by atoms with Gasteiger partial charge in [0.2, 0.25) is 11.8 Å². The van der Waals surface area contributed by atoms with Gasteiger partial charge in [0, 0.05) is 12.6 Å². The van der Waals surface area contributed by atoms with Gasteiger partial charge in [-0.15, -0.1) is 11.6 Å². The first kappa shape index (κ1) is 26.7. The number of alkyl halides is 1. The van der Waals surface area contributed by atoms with E-state index in [9.17, 15) is 9.59 Å². The van der Waals surface area contributed by atoms with Crippen molar-refractivity contribution in [3.05, 3.63) is 53.6 Å². The standard InChI is InChI=1S/C27H35ClN2O5/c1-4-35-23-14-13-20(16-24(23)34-3)26(27(32)29-21-10-6-5-7-11-21)30(25(31)17-28)18-19-9-8-12-22(15-19)33-2/h8-9,12-16,21,26H,4-7,10-11,17-18H2,1-3H3,(H,29,32)/t26-/m1/s1. The third-order valence-corrected chi connectivity index (χ3v) is 6.47. The zero-order valence-corrected chi connectivity index (χ0v) is 21.5. The average molecular weight is 503 g/mol. The third kappa shape index (κ3) is 7.04. The first-order valence-corrected chi connectivity index (χ1v) is 12.6. The molecule has 1 aliphatic rings. The third-order valence-electron chi connectivity index (χ3n) is 6.24. The van der Waals surface area contributed by atoms with Gasteiger partial charge in [0.15, 0.2) is 11.5 Å². The van der Waals surface area contributed by atoms with Crippen molar-refractivity contribution in [3.63, 3.8) is 0 Å². The Morgan fingerprint density at radius 1 is 1.06 bits per heavy atom. The Hall–Kier alpha value is -2.93. The topological polar surface area (TPSA) is 77.1 Å². The highest BCUT2D eigenvalue weighted by Gasteiger charge is 2.33. The average Bonchev–Trinajstić information content (AvgIpc) is 2.89. The molecule has 7 nitrogen and oxygen atoms in total. The summed E-state index contributed by atoms with van der Waals surface area (Å²) in [5.74, 6) is 0.931. The van der Waals surface area contributed by atoms with Crippen LogP contribution in [0.1, 0.15) is 56.2 Å². The van der Waals surface area contributed by atoms with E-state index < -0.39 is 6.04 Å². The summed E-state index contributed by atoms with van der Waals surface area (Å²) in [6.45, 7) is 2.57. The van der Waals surface area contributed by atoms with Gasteiger partial charge in [0.1, 0.15) is 17.7 Å². The maximum atomic E-state index is 13.8. The number of carbonyl (C=O) groups is 2. The number of nitrogens with one attached hydrogen (secondary N) is 1. The van der Waals surface area contributed by atoms with Crippen LogP contribution in [0.25, 0.3) is 0 Å². The summed E-state index contributed by atoms with van der Waals surface area (Å²) in [5, 5.41) is 3.19. The van der Waals surface area contributed by atoms with Crippen LogP contribution in [0, 0.1) is 0 Å². The number of carbonyl (C=O) groups excluding carboxylic acids is 2. The Bertz CT molecular complexity index is 993. The van der Waals surface area contributed by atoms with E-state index in [4.69, 9.17) is 25.8 Å². The van der Waals surface area contributed by atoms with E-state index in [2.05, 4.69) is 5.32 Å². The molecule has 0 heterocycles. The maximum Gasteiger partial charge on any atom is 0.247 e. The number of ether oxygens (including phenoxy) is 3. The first-order chi connectivity index (χ1) is 17.0. The van der Waals surface area contributed by atoms with E-state index in [1.807, 2.05) is 31.2 Å². The van der Waals surface area contributed by atoms with Crippen LogP contribution in [-0.4, -0.2) is 49.5 Å². The molecule has 2 aromatic rings. The van der Waals surface area contributed by atoms with Crippen molar-refractivity contribution in [2.75, 3.05) is 26.7 Å². The van der Waals surface area contributed by atoms with Crippen molar-refractivity contribution >= 4 is 23.4 Å². The fourth-order valence-corrected chi connectivity index (χ4v) is 4.65. The van der Waals surface area contributed by atoms with Gasteiger partial charge in [0.05, 0.1) is 20.8 Å². The molecule has 0 saturated heterocycles.